The number of piperazine rings is 1. The highest BCUT2D eigenvalue weighted by Crippen LogP contribution is 2.30. The molecule has 2 aliphatic rings. The van der Waals surface area contributed by atoms with Gasteiger partial charge in [-0.3, -0.25) is 9.69 Å². The highest BCUT2D eigenvalue weighted by atomic mass is 19.4. The SMILES string of the molecule is CC1=CCC(NC(=O)c2cccc(C(F)(F)F)c2)C=C1NC(=O)N(C)c1cc(Nc2ccc(N3CCN(C)CC3)cc2)ncn1. The number of anilines is 4. The highest BCUT2D eigenvalue weighted by molar-refractivity contribution is 5.95. The summed E-state index contributed by atoms with van der Waals surface area (Å²) >= 11 is 0. The number of alkyl halides is 3. The Balaban J connectivity index is 1.20. The van der Waals surface area contributed by atoms with Crippen LogP contribution in [0.15, 0.2) is 84.3 Å². The van der Waals surface area contributed by atoms with E-state index >= 15 is 0 Å². The van der Waals surface area contributed by atoms with Gasteiger partial charge in [0.1, 0.15) is 18.0 Å². The van der Waals surface area contributed by atoms with E-state index in [0.717, 1.165) is 55.3 Å². The predicted molar refractivity (Wildman–Crippen MR) is 168 cm³/mol. The first-order valence-electron chi connectivity index (χ1n) is 14.5. The van der Waals surface area contributed by atoms with Gasteiger partial charge in [0.2, 0.25) is 0 Å². The molecule has 5 rings (SSSR count). The van der Waals surface area contributed by atoms with Gasteiger partial charge in [0.15, 0.2) is 0 Å². The van der Waals surface area contributed by atoms with Gasteiger partial charge in [0, 0.05) is 61.9 Å². The van der Waals surface area contributed by atoms with Crippen LogP contribution in [0.25, 0.3) is 0 Å². The van der Waals surface area contributed by atoms with Gasteiger partial charge < -0.3 is 25.8 Å². The number of benzene rings is 2. The number of nitrogens with one attached hydrogen (secondary N) is 3. The molecular weight excluding hydrogens is 585 g/mol. The number of hydrogen-bond acceptors (Lipinski definition) is 7. The van der Waals surface area contributed by atoms with E-state index in [1.54, 1.807) is 19.2 Å². The molecule has 2 aromatic carbocycles. The van der Waals surface area contributed by atoms with Crippen LogP contribution in [0.2, 0.25) is 0 Å². The van der Waals surface area contributed by atoms with E-state index in [2.05, 4.69) is 54.9 Å². The van der Waals surface area contributed by atoms with Crippen molar-refractivity contribution in [3.63, 3.8) is 0 Å². The average Bonchev–Trinajstić information content (AvgIpc) is 3.03. The fraction of sp³-hybridized carbons (Fsp3) is 0.312. The Labute approximate surface area is 259 Å². The first-order chi connectivity index (χ1) is 21.5. The van der Waals surface area contributed by atoms with E-state index in [-0.39, 0.29) is 5.56 Å². The topological polar surface area (TPSA) is 106 Å². The molecule has 0 saturated carbocycles. The summed E-state index contributed by atoms with van der Waals surface area (Å²) in [7, 11) is 3.70. The molecule has 1 unspecified atom stereocenters. The molecule has 1 aromatic heterocycles. The van der Waals surface area contributed by atoms with Gasteiger partial charge in [-0.25, -0.2) is 14.8 Å². The van der Waals surface area contributed by atoms with Crippen molar-refractivity contribution in [2.75, 3.05) is 55.4 Å². The van der Waals surface area contributed by atoms with Crippen molar-refractivity contribution in [1.82, 2.24) is 25.5 Å². The van der Waals surface area contributed by atoms with Gasteiger partial charge in [-0.1, -0.05) is 12.1 Å². The Hall–Kier alpha value is -4.91. The molecular formula is C32H35F3N8O2. The largest absolute Gasteiger partial charge is 0.416 e. The number of likely N-dealkylation sites (N-methyl/N-ethyl adjacent to an activating group) is 1. The standard InChI is InChI=1S/C32H35F3N8O2/c1-21-7-8-25(39-30(44)22-5-4-6-23(17-22)32(33,34)35)18-27(21)40-31(45)42(3)29-19-28(36-20-37-29)38-24-9-11-26(12-10-24)43-15-13-41(2)14-16-43/h4-7,9-12,17-20,25H,8,13-16H2,1-3H3,(H,39,44)(H,40,45)(H,36,37,38). The van der Waals surface area contributed by atoms with Crippen LogP contribution in [-0.4, -0.2) is 73.1 Å². The fourth-order valence-corrected chi connectivity index (χ4v) is 5.01. The lowest BCUT2D eigenvalue weighted by atomic mass is 10.00. The summed E-state index contributed by atoms with van der Waals surface area (Å²) < 4.78 is 39.3. The zero-order valence-corrected chi connectivity index (χ0v) is 25.2. The van der Waals surface area contributed by atoms with Crippen LogP contribution in [0, 0.1) is 0 Å². The van der Waals surface area contributed by atoms with Gasteiger partial charge >= 0.3 is 12.2 Å². The number of urea groups is 1. The Morgan fingerprint density at radius 1 is 1.00 bits per heavy atom. The minimum absolute atomic E-state index is 0.103. The molecule has 10 nitrogen and oxygen atoms in total. The summed E-state index contributed by atoms with van der Waals surface area (Å²) in [5.74, 6) is 0.219. The summed E-state index contributed by atoms with van der Waals surface area (Å²) in [6.45, 7) is 5.83. The third kappa shape index (κ3) is 7.98. The molecule has 1 aliphatic heterocycles. The fourth-order valence-electron chi connectivity index (χ4n) is 5.01. The van der Waals surface area contributed by atoms with Crippen LogP contribution in [0.4, 0.5) is 41.0 Å². The number of aromatic nitrogens is 2. The third-order valence-electron chi connectivity index (χ3n) is 7.79. The van der Waals surface area contributed by atoms with Crippen molar-refractivity contribution in [2.24, 2.45) is 0 Å². The second-order valence-corrected chi connectivity index (χ2v) is 11.1. The van der Waals surface area contributed by atoms with Crippen molar-refractivity contribution >= 4 is 34.9 Å². The zero-order valence-electron chi connectivity index (χ0n) is 25.2. The molecule has 3 N–H and O–H groups in total. The van der Waals surface area contributed by atoms with Gasteiger partial charge in [-0.2, -0.15) is 13.2 Å². The van der Waals surface area contributed by atoms with Gasteiger partial charge in [-0.05, 0) is 74.5 Å². The van der Waals surface area contributed by atoms with Crippen molar-refractivity contribution in [3.05, 3.63) is 95.5 Å². The van der Waals surface area contributed by atoms with E-state index < -0.39 is 29.7 Å². The van der Waals surface area contributed by atoms with Crippen LogP contribution in [0.3, 0.4) is 0 Å². The van der Waals surface area contributed by atoms with Crippen molar-refractivity contribution in [2.45, 2.75) is 25.6 Å². The minimum atomic E-state index is -4.55. The number of allylic oxidation sites excluding steroid dienone is 1. The molecule has 236 valence electrons. The molecule has 0 bridgehead atoms. The number of amides is 3. The first kappa shape index (κ1) is 31.5. The van der Waals surface area contributed by atoms with E-state index in [1.165, 1.54) is 23.4 Å². The number of halogens is 3. The Bertz CT molecular complexity index is 1600. The summed E-state index contributed by atoms with van der Waals surface area (Å²) in [6, 6.07) is 13.0. The third-order valence-corrected chi connectivity index (χ3v) is 7.79. The molecule has 13 heteroatoms. The van der Waals surface area contributed by atoms with E-state index in [1.807, 2.05) is 25.1 Å². The second-order valence-electron chi connectivity index (χ2n) is 11.1. The summed E-state index contributed by atoms with van der Waals surface area (Å²) in [4.78, 5) is 40.4. The number of rotatable bonds is 7. The minimum Gasteiger partial charge on any atom is -0.369 e. The van der Waals surface area contributed by atoms with Crippen LogP contribution >= 0.6 is 0 Å². The van der Waals surface area contributed by atoms with E-state index in [4.69, 9.17) is 0 Å². The average molecular weight is 621 g/mol. The Morgan fingerprint density at radius 3 is 2.44 bits per heavy atom. The molecule has 1 atom stereocenters. The lowest BCUT2D eigenvalue weighted by molar-refractivity contribution is -0.137. The maximum atomic E-state index is 13.2. The smallest absolute Gasteiger partial charge is 0.369 e. The number of nitrogens with zero attached hydrogens (tertiary/aromatic N) is 5. The Kier molecular flexibility index (Phi) is 9.37. The zero-order chi connectivity index (χ0) is 32.1. The van der Waals surface area contributed by atoms with E-state index in [9.17, 15) is 22.8 Å². The van der Waals surface area contributed by atoms with Gasteiger partial charge in [-0.15, -0.1) is 0 Å². The molecule has 2 heterocycles. The molecule has 1 aliphatic carbocycles. The van der Waals surface area contributed by atoms with Crippen LogP contribution in [0.5, 0.6) is 0 Å². The lowest BCUT2D eigenvalue weighted by Gasteiger charge is -2.34. The normalized spacial score (nSPS) is 17.2. The number of carbonyl (C=O) groups excluding carboxylic acids is 2. The van der Waals surface area contributed by atoms with Crippen molar-refractivity contribution < 1.29 is 22.8 Å². The van der Waals surface area contributed by atoms with Crippen LogP contribution < -0.4 is 25.8 Å². The summed E-state index contributed by atoms with van der Waals surface area (Å²) in [6.07, 6.45) is 0.744. The molecule has 3 amide bonds. The van der Waals surface area contributed by atoms with E-state index in [0.29, 0.717) is 23.8 Å². The quantitative estimate of drug-likeness (QED) is 0.335. The monoisotopic (exact) mass is 620 g/mol. The molecule has 0 spiro atoms. The molecule has 1 fully saturated rings. The predicted octanol–water partition coefficient (Wildman–Crippen LogP) is 5.17. The molecule has 1 saturated heterocycles. The molecule has 0 radical (unpaired) electrons. The van der Waals surface area contributed by atoms with Crippen molar-refractivity contribution in [1.29, 1.82) is 0 Å². The summed E-state index contributed by atoms with van der Waals surface area (Å²) in [5, 5.41) is 8.82. The lowest BCUT2D eigenvalue weighted by Crippen LogP contribution is -2.44. The highest BCUT2D eigenvalue weighted by Gasteiger charge is 2.31. The van der Waals surface area contributed by atoms with Gasteiger partial charge in [0.25, 0.3) is 5.91 Å². The maximum Gasteiger partial charge on any atom is 0.416 e. The van der Waals surface area contributed by atoms with Crippen LogP contribution in [-0.2, 0) is 6.18 Å². The molecule has 3 aromatic rings. The van der Waals surface area contributed by atoms with Crippen LogP contribution in [0.1, 0.15) is 29.3 Å². The Morgan fingerprint density at radius 2 is 1.73 bits per heavy atom. The summed E-state index contributed by atoms with van der Waals surface area (Å²) in [5.41, 5.74) is 2.26. The van der Waals surface area contributed by atoms with Crippen molar-refractivity contribution in [3.8, 4) is 0 Å². The first-order valence-corrected chi connectivity index (χ1v) is 14.5. The second kappa shape index (κ2) is 13.4. The number of carbonyl (C=O) groups is 2. The molecule has 45 heavy (non-hydrogen) atoms. The van der Waals surface area contributed by atoms with Gasteiger partial charge in [0.05, 0.1) is 11.6 Å². The number of hydrogen-bond donors (Lipinski definition) is 3. The maximum absolute atomic E-state index is 13.2.